The van der Waals surface area contributed by atoms with Crippen molar-refractivity contribution in [1.82, 2.24) is 0 Å². The Labute approximate surface area is 166 Å². The lowest BCUT2D eigenvalue weighted by molar-refractivity contribution is -0.361. The molecule has 0 aliphatic rings. The van der Waals surface area contributed by atoms with Crippen LogP contribution in [-0.2, 0) is 19.6 Å². The molecule has 0 radical (unpaired) electrons. The Balaban J connectivity index is 5.25. The number of alkyl halides is 6. The van der Waals surface area contributed by atoms with Crippen molar-refractivity contribution in [2.75, 3.05) is 5.75 Å². The molecule has 0 spiro atoms. The molecule has 0 aromatic rings. The Bertz CT molecular complexity index is 599. The minimum Gasteiger partial charge on any atom is -0.438 e. The second-order valence-corrected chi connectivity index (χ2v) is 8.87. The molecule has 0 aromatic carbocycles. The topological polar surface area (TPSA) is 80.7 Å². The van der Waals surface area contributed by atoms with Crippen LogP contribution in [0.5, 0.6) is 0 Å². The second-order valence-electron chi connectivity index (χ2n) is 7.41. The van der Waals surface area contributed by atoms with Crippen molar-refractivity contribution in [3.05, 3.63) is 0 Å². The molecule has 5 nitrogen and oxygen atoms in total. The third-order valence-corrected chi connectivity index (χ3v) is 5.44. The van der Waals surface area contributed by atoms with Gasteiger partial charge in [-0.2, -0.15) is 34.8 Å². The molecule has 12 heteroatoms. The average molecular weight is 458 g/mol. The Kier molecular flexibility index (Phi) is 10.4. The summed E-state index contributed by atoms with van der Waals surface area (Å²) in [6, 6.07) is 0. The summed E-state index contributed by atoms with van der Waals surface area (Å²) in [5.41, 5.74) is -5.33. The van der Waals surface area contributed by atoms with Gasteiger partial charge in [-0.1, -0.05) is 46.5 Å². The molecule has 174 valence electrons. The molecule has 0 aliphatic heterocycles. The van der Waals surface area contributed by atoms with Crippen LogP contribution in [0.1, 0.15) is 65.7 Å². The van der Waals surface area contributed by atoms with Crippen LogP contribution >= 0.6 is 0 Å². The highest BCUT2D eigenvalue weighted by Crippen LogP contribution is 2.47. The van der Waals surface area contributed by atoms with Gasteiger partial charge in [0.1, 0.15) is 5.75 Å². The quantitative estimate of drug-likeness (QED) is 0.186. The summed E-state index contributed by atoms with van der Waals surface area (Å²) in [5.74, 6) is -4.34. The smallest absolute Gasteiger partial charge is 0.438 e. The van der Waals surface area contributed by atoms with Gasteiger partial charge in [0, 0.05) is 6.42 Å². The lowest BCUT2D eigenvalue weighted by Gasteiger charge is -2.35. The predicted octanol–water partition coefficient (Wildman–Crippen LogP) is 5.30. The molecule has 0 fully saturated rings. The van der Waals surface area contributed by atoms with Crippen LogP contribution in [0, 0.1) is 11.8 Å². The van der Waals surface area contributed by atoms with Crippen LogP contribution in [0.15, 0.2) is 0 Å². The maximum absolute atomic E-state index is 13.1. The number of ether oxygens (including phenoxy) is 1. The lowest BCUT2D eigenvalue weighted by atomic mass is 9.86. The Morgan fingerprint density at radius 2 is 1.45 bits per heavy atom. The van der Waals surface area contributed by atoms with Crippen molar-refractivity contribution in [2.45, 2.75) is 83.7 Å². The van der Waals surface area contributed by atoms with E-state index in [0.29, 0.717) is 6.42 Å². The number of hydrogen-bond donors (Lipinski definition) is 1. The Hall–Kier alpha value is -1.04. The SMILES string of the molecule is CCCCCC(CCCC(=O)OC(CS(=O)(=O)O)(C(F)(F)F)C(F)(F)F)C(C)C. The van der Waals surface area contributed by atoms with E-state index in [1.54, 1.807) is 0 Å². The third-order valence-electron chi connectivity index (χ3n) is 4.67. The van der Waals surface area contributed by atoms with E-state index in [2.05, 4.69) is 4.74 Å². The molecule has 0 aromatic heterocycles. The summed E-state index contributed by atoms with van der Waals surface area (Å²) in [6.45, 7) is 5.87. The fourth-order valence-corrected chi connectivity index (χ4v) is 3.85. The summed E-state index contributed by atoms with van der Waals surface area (Å²) in [7, 11) is -5.77. The van der Waals surface area contributed by atoms with Crippen LogP contribution in [-0.4, -0.2) is 42.6 Å². The molecular weight excluding hydrogens is 430 g/mol. The number of hydrogen-bond acceptors (Lipinski definition) is 4. The van der Waals surface area contributed by atoms with Gasteiger partial charge in [-0.25, -0.2) is 0 Å². The van der Waals surface area contributed by atoms with E-state index >= 15 is 0 Å². The number of carbonyl (C=O) groups is 1. The second kappa shape index (κ2) is 10.8. The fourth-order valence-electron chi connectivity index (χ4n) is 2.95. The van der Waals surface area contributed by atoms with Gasteiger partial charge in [0.15, 0.2) is 0 Å². The number of unbranched alkanes of at least 4 members (excludes halogenated alkanes) is 2. The number of carbonyl (C=O) groups excluding carboxylic acids is 1. The van der Waals surface area contributed by atoms with Crippen LogP contribution in [0.4, 0.5) is 26.3 Å². The molecule has 29 heavy (non-hydrogen) atoms. The maximum Gasteiger partial charge on any atom is 0.438 e. The summed E-state index contributed by atoms with van der Waals surface area (Å²) in [5, 5.41) is 0. The normalized spacial score (nSPS) is 14.9. The molecule has 1 N–H and O–H groups in total. The minimum atomic E-state index is -6.29. The van der Waals surface area contributed by atoms with E-state index in [9.17, 15) is 39.6 Å². The Morgan fingerprint density at radius 3 is 1.83 bits per heavy atom. The van der Waals surface area contributed by atoms with E-state index in [-0.39, 0.29) is 18.3 Å². The van der Waals surface area contributed by atoms with Gasteiger partial charge in [-0.15, -0.1) is 0 Å². The summed E-state index contributed by atoms with van der Waals surface area (Å²) < 4.78 is 113. The first-order valence-electron chi connectivity index (χ1n) is 9.27. The van der Waals surface area contributed by atoms with Crippen molar-refractivity contribution in [3.8, 4) is 0 Å². The molecule has 0 bridgehead atoms. The van der Waals surface area contributed by atoms with Gasteiger partial charge in [0.05, 0.1) is 0 Å². The molecule has 0 saturated heterocycles. The first kappa shape index (κ1) is 28.0. The minimum absolute atomic E-state index is 0.00846. The molecule has 0 aliphatic carbocycles. The van der Waals surface area contributed by atoms with E-state index in [4.69, 9.17) is 4.55 Å². The molecular formula is C17H28F6O5S. The predicted molar refractivity (Wildman–Crippen MR) is 93.7 cm³/mol. The lowest BCUT2D eigenvalue weighted by Crippen LogP contribution is -2.63. The van der Waals surface area contributed by atoms with E-state index in [0.717, 1.165) is 25.7 Å². The van der Waals surface area contributed by atoms with Gasteiger partial charge >= 0.3 is 23.9 Å². The summed E-state index contributed by atoms with van der Waals surface area (Å²) in [6.07, 6.45) is -9.22. The monoisotopic (exact) mass is 458 g/mol. The molecule has 0 rings (SSSR count). The first-order chi connectivity index (χ1) is 13.0. The average Bonchev–Trinajstić information content (AvgIpc) is 2.49. The number of rotatable bonds is 12. The van der Waals surface area contributed by atoms with Gasteiger partial charge < -0.3 is 4.74 Å². The molecule has 0 amide bonds. The van der Waals surface area contributed by atoms with Crippen molar-refractivity contribution >= 4 is 16.1 Å². The van der Waals surface area contributed by atoms with Crippen molar-refractivity contribution < 1.29 is 48.8 Å². The van der Waals surface area contributed by atoms with E-state index < -0.39 is 46.2 Å². The zero-order chi connectivity index (χ0) is 23.1. The van der Waals surface area contributed by atoms with Crippen LogP contribution in [0.25, 0.3) is 0 Å². The highest BCUT2D eigenvalue weighted by atomic mass is 32.2. The zero-order valence-corrected chi connectivity index (χ0v) is 17.4. The molecule has 1 atom stereocenters. The van der Waals surface area contributed by atoms with Crippen LogP contribution < -0.4 is 0 Å². The first-order valence-corrected chi connectivity index (χ1v) is 10.9. The molecule has 0 heterocycles. The van der Waals surface area contributed by atoms with Crippen molar-refractivity contribution in [2.24, 2.45) is 11.8 Å². The Morgan fingerprint density at radius 1 is 0.966 bits per heavy atom. The highest BCUT2D eigenvalue weighted by molar-refractivity contribution is 7.85. The van der Waals surface area contributed by atoms with Crippen molar-refractivity contribution in [1.29, 1.82) is 0 Å². The maximum atomic E-state index is 13.1. The van der Waals surface area contributed by atoms with Crippen molar-refractivity contribution in [3.63, 3.8) is 0 Å². The highest BCUT2D eigenvalue weighted by Gasteiger charge is 2.75. The van der Waals surface area contributed by atoms with Gasteiger partial charge in [0.2, 0.25) is 0 Å². The van der Waals surface area contributed by atoms with Gasteiger partial charge in [0.25, 0.3) is 10.1 Å². The van der Waals surface area contributed by atoms with E-state index in [1.165, 1.54) is 0 Å². The summed E-state index contributed by atoms with van der Waals surface area (Å²) in [4.78, 5) is 11.8. The third kappa shape index (κ3) is 9.10. The van der Waals surface area contributed by atoms with Crippen LogP contribution in [0.2, 0.25) is 0 Å². The number of halogens is 6. The standard InChI is InChI=1S/C17H28F6O5S/c1-4-5-6-8-13(12(2)3)9-7-10-14(24)28-15(16(18,19)20,17(21,22)23)11-29(25,26)27/h12-13H,4-11H2,1-3H3,(H,25,26,27). The molecule has 1 unspecified atom stereocenters. The largest absolute Gasteiger partial charge is 0.438 e. The fraction of sp³-hybridized carbons (Fsp3) is 0.941. The zero-order valence-electron chi connectivity index (χ0n) is 16.6. The summed E-state index contributed by atoms with van der Waals surface area (Å²) >= 11 is 0. The van der Waals surface area contributed by atoms with Gasteiger partial charge in [-0.3, -0.25) is 9.35 Å². The molecule has 0 saturated carbocycles. The van der Waals surface area contributed by atoms with Crippen LogP contribution in [0.3, 0.4) is 0 Å². The van der Waals surface area contributed by atoms with Gasteiger partial charge in [-0.05, 0) is 24.7 Å². The number of esters is 1. The van der Waals surface area contributed by atoms with E-state index in [1.807, 2.05) is 20.8 Å².